The fraction of sp³-hybridized carbons (Fsp3) is 0.333. The molecule has 0 amide bonds. The van der Waals surface area contributed by atoms with Gasteiger partial charge in [-0.1, -0.05) is 24.9 Å². The SMILES string of the molecule is CCCc1cc(Cl)nc(-c2ccc3c(c2)OCCO3)n1. The fourth-order valence-electron chi connectivity index (χ4n) is 2.16. The molecule has 0 spiro atoms. The van der Waals surface area contributed by atoms with Crippen LogP contribution in [0, 0.1) is 0 Å². The zero-order chi connectivity index (χ0) is 13.9. The van der Waals surface area contributed by atoms with Crippen LogP contribution in [-0.4, -0.2) is 23.2 Å². The molecule has 4 nitrogen and oxygen atoms in total. The topological polar surface area (TPSA) is 44.2 Å². The van der Waals surface area contributed by atoms with Crippen molar-refractivity contribution in [3.8, 4) is 22.9 Å². The molecule has 0 N–H and O–H groups in total. The van der Waals surface area contributed by atoms with Crippen LogP contribution in [0.1, 0.15) is 19.0 Å². The van der Waals surface area contributed by atoms with Crippen molar-refractivity contribution < 1.29 is 9.47 Å². The van der Waals surface area contributed by atoms with E-state index in [1.54, 1.807) is 0 Å². The van der Waals surface area contributed by atoms with Crippen molar-refractivity contribution in [1.82, 2.24) is 9.97 Å². The van der Waals surface area contributed by atoms with Gasteiger partial charge in [0, 0.05) is 11.3 Å². The molecule has 1 aromatic carbocycles. The summed E-state index contributed by atoms with van der Waals surface area (Å²) in [5.74, 6) is 2.11. The molecule has 0 saturated carbocycles. The molecule has 1 aliphatic rings. The van der Waals surface area contributed by atoms with Gasteiger partial charge in [-0.3, -0.25) is 0 Å². The predicted octanol–water partition coefficient (Wildman–Crippen LogP) is 3.52. The smallest absolute Gasteiger partial charge is 0.162 e. The maximum absolute atomic E-state index is 6.07. The van der Waals surface area contributed by atoms with Gasteiger partial charge in [0.25, 0.3) is 0 Å². The van der Waals surface area contributed by atoms with Gasteiger partial charge in [0.15, 0.2) is 17.3 Å². The second-order valence-electron chi connectivity index (χ2n) is 4.61. The van der Waals surface area contributed by atoms with E-state index in [1.165, 1.54) is 0 Å². The molecule has 3 rings (SSSR count). The molecule has 0 radical (unpaired) electrons. The Kier molecular flexibility index (Phi) is 3.74. The molecule has 0 fully saturated rings. The second-order valence-corrected chi connectivity index (χ2v) is 5.00. The minimum Gasteiger partial charge on any atom is -0.486 e. The van der Waals surface area contributed by atoms with E-state index in [4.69, 9.17) is 21.1 Å². The summed E-state index contributed by atoms with van der Waals surface area (Å²) in [7, 11) is 0. The van der Waals surface area contributed by atoms with Crippen molar-refractivity contribution >= 4 is 11.6 Å². The van der Waals surface area contributed by atoms with E-state index in [9.17, 15) is 0 Å². The molecule has 0 aliphatic carbocycles. The average Bonchev–Trinajstić information content (AvgIpc) is 2.46. The van der Waals surface area contributed by atoms with Crippen molar-refractivity contribution in [1.29, 1.82) is 0 Å². The summed E-state index contributed by atoms with van der Waals surface area (Å²) < 4.78 is 11.1. The fourth-order valence-corrected chi connectivity index (χ4v) is 2.37. The van der Waals surface area contributed by atoms with Crippen molar-refractivity contribution in [3.05, 3.63) is 35.1 Å². The Bertz CT molecular complexity index is 631. The monoisotopic (exact) mass is 290 g/mol. The molecule has 0 atom stereocenters. The van der Waals surface area contributed by atoms with E-state index in [2.05, 4.69) is 16.9 Å². The van der Waals surface area contributed by atoms with Crippen molar-refractivity contribution in [3.63, 3.8) is 0 Å². The van der Waals surface area contributed by atoms with E-state index in [0.29, 0.717) is 24.2 Å². The second kappa shape index (κ2) is 5.67. The van der Waals surface area contributed by atoms with Crippen LogP contribution in [0.5, 0.6) is 11.5 Å². The molecule has 2 aromatic rings. The quantitative estimate of drug-likeness (QED) is 0.811. The van der Waals surface area contributed by atoms with E-state index in [1.807, 2.05) is 24.3 Å². The average molecular weight is 291 g/mol. The number of hydrogen-bond donors (Lipinski definition) is 0. The number of rotatable bonds is 3. The molecule has 2 heterocycles. The number of aromatic nitrogens is 2. The molecule has 0 saturated heterocycles. The molecule has 5 heteroatoms. The van der Waals surface area contributed by atoms with Crippen LogP contribution in [0.2, 0.25) is 5.15 Å². The third-order valence-electron chi connectivity index (χ3n) is 3.05. The number of halogens is 1. The highest BCUT2D eigenvalue weighted by Crippen LogP contribution is 2.33. The lowest BCUT2D eigenvalue weighted by molar-refractivity contribution is 0.171. The largest absolute Gasteiger partial charge is 0.486 e. The minimum absolute atomic E-state index is 0.466. The van der Waals surface area contributed by atoms with Gasteiger partial charge in [0.05, 0.1) is 0 Å². The van der Waals surface area contributed by atoms with E-state index in [0.717, 1.165) is 35.6 Å². The summed E-state index contributed by atoms with van der Waals surface area (Å²) >= 11 is 6.07. The number of aryl methyl sites for hydroxylation is 1. The highest BCUT2D eigenvalue weighted by atomic mass is 35.5. The van der Waals surface area contributed by atoms with Crippen LogP contribution in [0.4, 0.5) is 0 Å². The maximum atomic E-state index is 6.07. The first-order chi connectivity index (χ1) is 9.76. The molecule has 104 valence electrons. The normalized spacial score (nSPS) is 13.3. The molecule has 1 aromatic heterocycles. The highest BCUT2D eigenvalue weighted by molar-refractivity contribution is 6.29. The van der Waals surface area contributed by atoms with Gasteiger partial charge in [-0.15, -0.1) is 0 Å². The third kappa shape index (κ3) is 2.70. The Morgan fingerprint density at radius 2 is 1.90 bits per heavy atom. The molecule has 1 aliphatic heterocycles. The number of hydrogen-bond acceptors (Lipinski definition) is 4. The summed E-state index contributed by atoms with van der Waals surface area (Å²) in [6, 6.07) is 7.52. The Balaban J connectivity index is 1.99. The number of benzene rings is 1. The van der Waals surface area contributed by atoms with E-state index in [-0.39, 0.29) is 0 Å². The molecule has 0 unspecified atom stereocenters. The third-order valence-corrected chi connectivity index (χ3v) is 3.25. The van der Waals surface area contributed by atoms with E-state index >= 15 is 0 Å². The summed E-state index contributed by atoms with van der Waals surface area (Å²) in [4.78, 5) is 8.84. The van der Waals surface area contributed by atoms with Gasteiger partial charge in [-0.05, 0) is 30.7 Å². The lowest BCUT2D eigenvalue weighted by Crippen LogP contribution is -2.15. The molecule has 0 bridgehead atoms. The predicted molar refractivity (Wildman–Crippen MR) is 77.5 cm³/mol. The van der Waals surface area contributed by atoms with Gasteiger partial charge in [-0.2, -0.15) is 0 Å². The van der Waals surface area contributed by atoms with Crippen LogP contribution in [0.25, 0.3) is 11.4 Å². The van der Waals surface area contributed by atoms with Crippen LogP contribution in [0.15, 0.2) is 24.3 Å². The number of ether oxygens (including phenoxy) is 2. The molecular formula is C15H15ClN2O2. The van der Waals surface area contributed by atoms with Gasteiger partial charge in [-0.25, -0.2) is 9.97 Å². The molecule has 20 heavy (non-hydrogen) atoms. The van der Waals surface area contributed by atoms with Crippen LogP contribution < -0.4 is 9.47 Å². The summed E-state index contributed by atoms with van der Waals surface area (Å²) in [5, 5.41) is 0.466. The van der Waals surface area contributed by atoms with Gasteiger partial charge < -0.3 is 9.47 Å². The Hall–Kier alpha value is -1.81. The zero-order valence-electron chi connectivity index (χ0n) is 11.2. The lowest BCUT2D eigenvalue weighted by atomic mass is 10.1. The highest BCUT2D eigenvalue weighted by Gasteiger charge is 2.14. The Morgan fingerprint density at radius 3 is 2.70 bits per heavy atom. The van der Waals surface area contributed by atoms with Crippen molar-refractivity contribution in [2.75, 3.05) is 13.2 Å². The molecular weight excluding hydrogens is 276 g/mol. The summed E-state index contributed by atoms with van der Waals surface area (Å²) in [5.41, 5.74) is 1.84. The zero-order valence-corrected chi connectivity index (χ0v) is 12.0. The van der Waals surface area contributed by atoms with Crippen LogP contribution in [-0.2, 0) is 6.42 Å². The maximum Gasteiger partial charge on any atom is 0.162 e. The van der Waals surface area contributed by atoms with Crippen molar-refractivity contribution in [2.24, 2.45) is 0 Å². The summed E-state index contributed by atoms with van der Waals surface area (Å²) in [6.07, 6.45) is 1.91. The van der Waals surface area contributed by atoms with E-state index < -0.39 is 0 Å². The van der Waals surface area contributed by atoms with Gasteiger partial charge in [0.2, 0.25) is 0 Å². The standard InChI is InChI=1S/C15H15ClN2O2/c1-2-3-11-9-14(16)18-15(17-11)10-4-5-12-13(8-10)20-7-6-19-12/h4-5,8-9H,2-3,6-7H2,1H3. The lowest BCUT2D eigenvalue weighted by Gasteiger charge is -2.18. The van der Waals surface area contributed by atoms with Gasteiger partial charge >= 0.3 is 0 Å². The van der Waals surface area contributed by atoms with Crippen LogP contribution in [0.3, 0.4) is 0 Å². The Labute approximate surface area is 122 Å². The van der Waals surface area contributed by atoms with Crippen molar-refractivity contribution in [2.45, 2.75) is 19.8 Å². The van der Waals surface area contributed by atoms with Crippen LogP contribution >= 0.6 is 11.6 Å². The Morgan fingerprint density at radius 1 is 1.10 bits per heavy atom. The number of nitrogens with zero attached hydrogens (tertiary/aromatic N) is 2. The minimum atomic E-state index is 0.466. The number of fused-ring (bicyclic) bond motifs is 1. The summed E-state index contributed by atoms with van der Waals surface area (Å²) in [6.45, 7) is 3.26. The first kappa shape index (κ1) is 13.2. The van der Waals surface area contributed by atoms with Gasteiger partial charge in [0.1, 0.15) is 18.4 Å². The first-order valence-corrected chi connectivity index (χ1v) is 7.07. The first-order valence-electron chi connectivity index (χ1n) is 6.70.